The van der Waals surface area contributed by atoms with E-state index in [0.29, 0.717) is 17.7 Å². The number of carbonyl (C=O) groups is 2. The molecule has 3 rings (SSSR count). The van der Waals surface area contributed by atoms with E-state index in [0.717, 1.165) is 16.3 Å². The summed E-state index contributed by atoms with van der Waals surface area (Å²) in [7, 11) is 1.60. The van der Waals surface area contributed by atoms with Crippen molar-refractivity contribution in [3.63, 3.8) is 0 Å². The Morgan fingerprint density at radius 1 is 0.792 bits per heavy atom. The number of nitrogens with one attached hydrogen (secondary N) is 2. The number of hydrogen-bond donors (Lipinski definition) is 2. The third-order valence-corrected chi connectivity index (χ3v) is 3.91. The van der Waals surface area contributed by atoms with Crippen LogP contribution in [0.15, 0.2) is 66.7 Å². The molecule has 120 valence electrons. The summed E-state index contributed by atoms with van der Waals surface area (Å²) < 4.78 is 0. The van der Waals surface area contributed by atoms with Crippen molar-refractivity contribution in [3.05, 3.63) is 83.4 Å². The third kappa shape index (κ3) is 3.43. The number of benzene rings is 3. The Bertz CT molecular complexity index is 886. The van der Waals surface area contributed by atoms with Gasteiger partial charge in [0.1, 0.15) is 0 Å². The molecule has 0 aliphatic carbocycles. The molecule has 0 saturated heterocycles. The Labute approximate surface area is 140 Å². The van der Waals surface area contributed by atoms with Gasteiger partial charge in [-0.05, 0) is 40.6 Å². The molecule has 0 spiro atoms. The van der Waals surface area contributed by atoms with Gasteiger partial charge in [0, 0.05) is 24.7 Å². The molecule has 4 heteroatoms. The van der Waals surface area contributed by atoms with Crippen LogP contribution in [0.5, 0.6) is 0 Å². The molecule has 0 atom stereocenters. The van der Waals surface area contributed by atoms with E-state index in [1.54, 1.807) is 19.2 Å². The molecule has 0 aliphatic heterocycles. The average Bonchev–Trinajstić information content (AvgIpc) is 2.65. The van der Waals surface area contributed by atoms with E-state index in [-0.39, 0.29) is 11.8 Å². The highest BCUT2D eigenvalue weighted by Crippen LogP contribution is 2.15. The number of hydrogen-bond acceptors (Lipinski definition) is 2. The van der Waals surface area contributed by atoms with E-state index in [2.05, 4.69) is 10.6 Å². The van der Waals surface area contributed by atoms with Crippen LogP contribution in [-0.4, -0.2) is 18.9 Å². The second-order valence-electron chi connectivity index (χ2n) is 5.52. The lowest BCUT2D eigenvalue weighted by Gasteiger charge is -2.07. The van der Waals surface area contributed by atoms with Crippen LogP contribution in [0.2, 0.25) is 0 Å². The molecule has 4 nitrogen and oxygen atoms in total. The molecular weight excluding hydrogens is 300 g/mol. The van der Waals surface area contributed by atoms with Crippen LogP contribution in [0.1, 0.15) is 26.3 Å². The van der Waals surface area contributed by atoms with Gasteiger partial charge in [-0.1, -0.05) is 42.5 Å². The predicted molar refractivity (Wildman–Crippen MR) is 95.0 cm³/mol. The Morgan fingerprint density at radius 2 is 1.46 bits per heavy atom. The minimum atomic E-state index is -0.123. The van der Waals surface area contributed by atoms with Crippen molar-refractivity contribution in [2.45, 2.75) is 6.54 Å². The van der Waals surface area contributed by atoms with Crippen molar-refractivity contribution >= 4 is 22.6 Å². The Kier molecular flexibility index (Phi) is 4.57. The zero-order valence-electron chi connectivity index (χ0n) is 13.4. The minimum Gasteiger partial charge on any atom is -0.355 e. The molecule has 0 fully saturated rings. The maximum absolute atomic E-state index is 12.3. The van der Waals surface area contributed by atoms with Crippen molar-refractivity contribution in [1.82, 2.24) is 10.6 Å². The summed E-state index contributed by atoms with van der Waals surface area (Å²) in [5.74, 6) is -0.238. The Balaban J connectivity index is 1.67. The van der Waals surface area contributed by atoms with E-state index < -0.39 is 0 Å². The minimum absolute atomic E-state index is 0.115. The number of rotatable bonds is 4. The SMILES string of the molecule is CNC(=O)c1ccc(CNC(=O)c2ccc3ccccc3c2)cc1. The average molecular weight is 318 g/mol. The Morgan fingerprint density at radius 3 is 2.17 bits per heavy atom. The van der Waals surface area contributed by atoms with Crippen LogP contribution >= 0.6 is 0 Å². The summed E-state index contributed by atoms with van der Waals surface area (Å²) >= 11 is 0. The molecule has 0 radical (unpaired) electrons. The summed E-state index contributed by atoms with van der Waals surface area (Å²) in [6, 6.07) is 20.8. The van der Waals surface area contributed by atoms with Gasteiger partial charge >= 0.3 is 0 Å². The van der Waals surface area contributed by atoms with Crippen molar-refractivity contribution in [3.8, 4) is 0 Å². The zero-order valence-corrected chi connectivity index (χ0v) is 13.4. The van der Waals surface area contributed by atoms with E-state index in [4.69, 9.17) is 0 Å². The fraction of sp³-hybridized carbons (Fsp3) is 0.100. The Hall–Kier alpha value is -3.14. The maximum atomic E-state index is 12.3. The summed E-state index contributed by atoms with van der Waals surface area (Å²) in [6.07, 6.45) is 0. The zero-order chi connectivity index (χ0) is 16.9. The summed E-state index contributed by atoms with van der Waals surface area (Å²) in [5.41, 5.74) is 2.18. The van der Waals surface area contributed by atoms with Gasteiger partial charge in [-0.3, -0.25) is 9.59 Å². The molecule has 3 aromatic rings. The molecule has 3 aromatic carbocycles. The van der Waals surface area contributed by atoms with Gasteiger partial charge in [-0.2, -0.15) is 0 Å². The van der Waals surface area contributed by atoms with Gasteiger partial charge in [-0.25, -0.2) is 0 Å². The largest absolute Gasteiger partial charge is 0.355 e. The molecule has 2 amide bonds. The van der Waals surface area contributed by atoms with Crippen LogP contribution in [0, 0.1) is 0 Å². The first-order valence-corrected chi connectivity index (χ1v) is 7.75. The number of fused-ring (bicyclic) bond motifs is 1. The van der Waals surface area contributed by atoms with Crippen LogP contribution in [0.25, 0.3) is 10.8 Å². The van der Waals surface area contributed by atoms with E-state index in [9.17, 15) is 9.59 Å². The number of amides is 2. The molecule has 2 N–H and O–H groups in total. The standard InChI is InChI=1S/C20H18N2O2/c1-21-19(23)16-8-6-14(7-9-16)13-22-20(24)18-11-10-15-4-2-3-5-17(15)12-18/h2-12H,13H2,1H3,(H,21,23)(H,22,24). The maximum Gasteiger partial charge on any atom is 0.251 e. The summed E-state index contributed by atoms with van der Waals surface area (Å²) in [5, 5.41) is 7.63. The molecule has 0 saturated carbocycles. The molecular formula is C20H18N2O2. The smallest absolute Gasteiger partial charge is 0.251 e. The quantitative estimate of drug-likeness (QED) is 0.776. The normalized spacial score (nSPS) is 10.4. The lowest BCUT2D eigenvalue weighted by Crippen LogP contribution is -2.23. The van der Waals surface area contributed by atoms with Crippen molar-refractivity contribution < 1.29 is 9.59 Å². The third-order valence-electron chi connectivity index (χ3n) is 3.91. The van der Waals surface area contributed by atoms with E-state index in [1.165, 1.54) is 0 Å². The fourth-order valence-electron chi connectivity index (χ4n) is 2.53. The lowest BCUT2D eigenvalue weighted by molar-refractivity contribution is 0.0946. The van der Waals surface area contributed by atoms with Crippen LogP contribution < -0.4 is 10.6 Å². The van der Waals surface area contributed by atoms with Gasteiger partial charge < -0.3 is 10.6 Å². The predicted octanol–water partition coefficient (Wildman–Crippen LogP) is 3.13. The monoisotopic (exact) mass is 318 g/mol. The highest BCUT2D eigenvalue weighted by molar-refractivity contribution is 5.98. The van der Waals surface area contributed by atoms with E-state index in [1.807, 2.05) is 54.6 Å². The lowest BCUT2D eigenvalue weighted by atomic mass is 10.1. The molecule has 0 aliphatic rings. The topological polar surface area (TPSA) is 58.2 Å². The second-order valence-corrected chi connectivity index (χ2v) is 5.52. The van der Waals surface area contributed by atoms with Crippen molar-refractivity contribution in [1.29, 1.82) is 0 Å². The molecule has 0 aromatic heterocycles. The summed E-state index contributed by atoms with van der Waals surface area (Å²) in [4.78, 5) is 23.8. The number of carbonyl (C=O) groups excluding carboxylic acids is 2. The first-order valence-electron chi connectivity index (χ1n) is 7.75. The second kappa shape index (κ2) is 6.96. The van der Waals surface area contributed by atoms with Crippen molar-refractivity contribution in [2.24, 2.45) is 0 Å². The van der Waals surface area contributed by atoms with Gasteiger partial charge in [0.05, 0.1) is 0 Å². The van der Waals surface area contributed by atoms with Gasteiger partial charge in [-0.15, -0.1) is 0 Å². The van der Waals surface area contributed by atoms with E-state index >= 15 is 0 Å². The highest BCUT2D eigenvalue weighted by Gasteiger charge is 2.07. The van der Waals surface area contributed by atoms with Crippen LogP contribution in [0.3, 0.4) is 0 Å². The molecule has 0 bridgehead atoms. The highest BCUT2D eigenvalue weighted by atomic mass is 16.2. The van der Waals surface area contributed by atoms with Crippen molar-refractivity contribution in [2.75, 3.05) is 7.05 Å². The van der Waals surface area contributed by atoms with Crippen LogP contribution in [-0.2, 0) is 6.54 Å². The summed E-state index contributed by atoms with van der Waals surface area (Å²) in [6.45, 7) is 0.416. The van der Waals surface area contributed by atoms with Gasteiger partial charge in [0.25, 0.3) is 11.8 Å². The molecule has 24 heavy (non-hydrogen) atoms. The molecule has 0 unspecified atom stereocenters. The van der Waals surface area contributed by atoms with Gasteiger partial charge in [0.2, 0.25) is 0 Å². The first-order chi connectivity index (χ1) is 11.7. The first kappa shape index (κ1) is 15.7. The molecule has 0 heterocycles. The van der Waals surface area contributed by atoms with Gasteiger partial charge in [0.15, 0.2) is 0 Å². The van der Waals surface area contributed by atoms with Crippen LogP contribution in [0.4, 0.5) is 0 Å². The fourth-order valence-corrected chi connectivity index (χ4v) is 2.53.